The van der Waals surface area contributed by atoms with E-state index in [2.05, 4.69) is 202 Å². The van der Waals surface area contributed by atoms with E-state index in [1.165, 1.54) is 118 Å². The van der Waals surface area contributed by atoms with Crippen molar-refractivity contribution in [2.45, 2.75) is 45.4 Å². The number of benzene rings is 8. The summed E-state index contributed by atoms with van der Waals surface area (Å²) in [6, 6.07) is 60.5. The zero-order valence-corrected chi connectivity index (χ0v) is 35.9. The fourth-order valence-corrected chi connectivity index (χ4v) is 13.1. The van der Waals surface area contributed by atoms with Crippen molar-refractivity contribution < 1.29 is 0 Å². The van der Waals surface area contributed by atoms with Crippen molar-refractivity contribution >= 4 is 125 Å². The van der Waals surface area contributed by atoms with E-state index in [0.29, 0.717) is 0 Å². The van der Waals surface area contributed by atoms with E-state index in [1.54, 1.807) is 0 Å². The van der Waals surface area contributed by atoms with Gasteiger partial charge in [0.2, 0.25) is 6.71 Å². The van der Waals surface area contributed by atoms with Gasteiger partial charge >= 0.3 is 0 Å². The maximum absolute atomic E-state index is 2.61. The largest absolute Gasteiger partial charge is 0.311 e. The molecule has 0 atom stereocenters. The van der Waals surface area contributed by atoms with Crippen LogP contribution in [0.4, 0.5) is 17.1 Å². The molecule has 286 valence electrons. The summed E-state index contributed by atoms with van der Waals surface area (Å²) in [4.78, 5) is 2.61. The van der Waals surface area contributed by atoms with Crippen LogP contribution in [0.3, 0.4) is 0 Å². The lowest BCUT2D eigenvalue weighted by atomic mass is 9.30. The highest BCUT2D eigenvalue weighted by atomic mass is 32.1. The fourth-order valence-electron chi connectivity index (χ4n) is 10.9. The molecule has 13 rings (SSSR count). The van der Waals surface area contributed by atoms with Crippen molar-refractivity contribution in [2.75, 3.05) is 4.90 Å². The van der Waals surface area contributed by atoms with Crippen molar-refractivity contribution in [3.63, 3.8) is 0 Å². The third kappa shape index (κ3) is 4.65. The molecule has 0 fully saturated rings. The van der Waals surface area contributed by atoms with Crippen LogP contribution in [-0.4, -0.2) is 11.3 Å². The zero-order chi connectivity index (χ0) is 40.2. The van der Waals surface area contributed by atoms with Gasteiger partial charge in [0.15, 0.2) is 0 Å². The summed E-state index contributed by atoms with van der Waals surface area (Å²) in [5.41, 5.74) is 15.5. The molecule has 5 heterocycles. The Balaban J connectivity index is 1.19. The first-order chi connectivity index (χ1) is 29.1. The number of hydrogen-bond donors (Lipinski definition) is 0. The summed E-state index contributed by atoms with van der Waals surface area (Å²) >= 11 is 3.84. The quantitative estimate of drug-likeness (QED) is 0.158. The van der Waals surface area contributed by atoms with Crippen LogP contribution in [-0.2, 0) is 10.8 Å². The third-order valence-corrected chi connectivity index (χ3v) is 16.1. The van der Waals surface area contributed by atoms with Crippen molar-refractivity contribution in [1.82, 2.24) is 4.57 Å². The number of aromatic nitrogens is 1. The lowest BCUT2D eigenvalue weighted by molar-refractivity contribution is 0.590. The average molecular weight is 805 g/mol. The van der Waals surface area contributed by atoms with Gasteiger partial charge in [-0.25, -0.2) is 0 Å². The minimum atomic E-state index is -0.284. The Morgan fingerprint density at radius 1 is 0.467 bits per heavy atom. The molecule has 0 amide bonds. The predicted octanol–water partition coefficient (Wildman–Crippen LogP) is 13.8. The lowest BCUT2D eigenvalue weighted by Gasteiger charge is -2.46. The molecular weight excluding hydrogens is 764 g/mol. The lowest BCUT2D eigenvalue weighted by Crippen LogP contribution is -2.64. The van der Waals surface area contributed by atoms with Gasteiger partial charge in [0.25, 0.3) is 0 Å². The van der Waals surface area contributed by atoms with Gasteiger partial charge in [0, 0.05) is 68.5 Å². The summed E-state index contributed by atoms with van der Waals surface area (Å²) in [5, 5.41) is 7.95. The van der Waals surface area contributed by atoms with Crippen molar-refractivity contribution in [3.8, 4) is 5.69 Å². The second-order valence-corrected chi connectivity index (χ2v) is 20.7. The third-order valence-electron chi connectivity index (χ3n) is 13.8. The number of nitrogens with zero attached hydrogens (tertiary/aromatic N) is 2. The Morgan fingerprint density at radius 2 is 1.02 bits per heavy atom. The second-order valence-electron chi connectivity index (χ2n) is 18.5. The van der Waals surface area contributed by atoms with E-state index < -0.39 is 0 Å². The van der Waals surface area contributed by atoms with Crippen LogP contribution in [0.2, 0.25) is 0 Å². The topological polar surface area (TPSA) is 8.17 Å². The van der Waals surface area contributed by atoms with E-state index in [1.807, 2.05) is 22.7 Å². The first-order valence-corrected chi connectivity index (χ1v) is 22.8. The summed E-state index contributed by atoms with van der Waals surface area (Å²) in [6.45, 7) is 11.9. The van der Waals surface area contributed by atoms with Crippen LogP contribution in [0, 0.1) is 0 Å². The first kappa shape index (κ1) is 34.7. The molecule has 11 aromatic rings. The van der Waals surface area contributed by atoms with Crippen molar-refractivity contribution in [2.24, 2.45) is 0 Å². The van der Waals surface area contributed by atoms with Gasteiger partial charge in [-0.05, 0) is 104 Å². The Hall–Kier alpha value is -6.14. The molecule has 0 radical (unpaired) electrons. The predicted molar refractivity (Wildman–Crippen MR) is 263 cm³/mol. The Labute approximate surface area is 358 Å². The normalized spacial score (nSPS) is 14.5. The van der Waals surface area contributed by atoms with Crippen molar-refractivity contribution in [1.29, 1.82) is 0 Å². The molecule has 0 saturated carbocycles. The minimum absolute atomic E-state index is 0.0488. The molecule has 0 aliphatic carbocycles. The molecule has 0 N–H and O–H groups in total. The number of hydrogen-bond acceptors (Lipinski definition) is 3. The second kappa shape index (κ2) is 12.0. The van der Waals surface area contributed by atoms with E-state index in [9.17, 15) is 0 Å². The smallest absolute Gasteiger partial charge is 0.247 e. The highest BCUT2D eigenvalue weighted by Crippen LogP contribution is 2.48. The molecule has 2 aliphatic rings. The number of anilines is 3. The monoisotopic (exact) mass is 804 g/mol. The Kier molecular flexibility index (Phi) is 6.94. The van der Waals surface area contributed by atoms with Crippen LogP contribution in [0.25, 0.3) is 67.8 Å². The number of para-hydroxylation sites is 2. The highest BCUT2D eigenvalue weighted by molar-refractivity contribution is 7.26. The summed E-state index contributed by atoms with van der Waals surface area (Å²) in [7, 11) is 0. The first-order valence-electron chi connectivity index (χ1n) is 21.1. The van der Waals surface area contributed by atoms with Gasteiger partial charge in [0.1, 0.15) is 0 Å². The molecule has 0 saturated heterocycles. The SMILES string of the molecule is CC(C)(C)c1ccc(N2c3cc4sc5ccccc5c4cc3B3c4cc5c(cc4C(C)(C)c4cc(-n6c7ccccc7c7ccccc76)cc2c43)sc2ccccc25)cc1. The number of rotatable bonds is 2. The molecule has 5 heteroatoms. The Bertz CT molecular complexity index is 3580. The summed E-state index contributed by atoms with van der Waals surface area (Å²) in [5.74, 6) is 0. The molecule has 2 aliphatic heterocycles. The highest BCUT2D eigenvalue weighted by Gasteiger charge is 2.47. The van der Waals surface area contributed by atoms with Crippen LogP contribution in [0.5, 0.6) is 0 Å². The van der Waals surface area contributed by atoms with E-state index in [0.717, 1.165) is 0 Å². The van der Waals surface area contributed by atoms with Gasteiger partial charge in [0.05, 0.1) is 11.0 Å². The maximum Gasteiger partial charge on any atom is 0.247 e. The molecule has 60 heavy (non-hydrogen) atoms. The van der Waals surface area contributed by atoms with Crippen LogP contribution in [0.15, 0.2) is 158 Å². The minimum Gasteiger partial charge on any atom is -0.311 e. The summed E-state index contributed by atoms with van der Waals surface area (Å²) < 4.78 is 7.88. The standard InChI is InChI=1S/C55H41BN2S2/c1-54(2,3)32-22-24-33(25-23-32)57-47-31-52-40(38-17-9-13-21-50(38)60-52)29-44(47)56-43-28-39-37-16-8-12-20-49(37)59-51(39)30-41(43)55(4,5)42-26-34(27-48(57)53(42)56)58-45-18-10-6-14-35(45)36-15-7-11-19-46(36)58/h6-31H,1-5H3. The molecule has 3 aromatic heterocycles. The molecule has 2 nitrogen and oxygen atoms in total. The number of thiophene rings is 2. The van der Waals surface area contributed by atoms with Crippen LogP contribution >= 0.6 is 22.7 Å². The molecule has 0 spiro atoms. The van der Waals surface area contributed by atoms with Crippen LogP contribution < -0.4 is 21.3 Å². The Morgan fingerprint density at radius 3 is 1.63 bits per heavy atom. The van der Waals surface area contributed by atoms with Crippen LogP contribution in [0.1, 0.15) is 51.3 Å². The average Bonchev–Trinajstić information content (AvgIpc) is 3.92. The molecule has 8 aromatic carbocycles. The molecular formula is C55H41BN2S2. The van der Waals surface area contributed by atoms with Gasteiger partial charge in [-0.1, -0.05) is 137 Å². The number of fused-ring (bicyclic) bond motifs is 13. The maximum atomic E-state index is 2.61. The molecule has 0 bridgehead atoms. The van der Waals surface area contributed by atoms with Gasteiger partial charge in [-0.2, -0.15) is 0 Å². The van der Waals surface area contributed by atoms with Gasteiger partial charge in [-0.3, -0.25) is 0 Å². The van der Waals surface area contributed by atoms with Gasteiger partial charge < -0.3 is 9.47 Å². The van der Waals surface area contributed by atoms with Gasteiger partial charge in [-0.15, -0.1) is 22.7 Å². The van der Waals surface area contributed by atoms with Crippen molar-refractivity contribution in [3.05, 3.63) is 174 Å². The van der Waals surface area contributed by atoms with E-state index in [4.69, 9.17) is 0 Å². The fraction of sp³-hybridized carbons (Fsp3) is 0.127. The van der Waals surface area contributed by atoms with E-state index >= 15 is 0 Å². The van der Waals surface area contributed by atoms with E-state index in [-0.39, 0.29) is 17.5 Å². The summed E-state index contributed by atoms with van der Waals surface area (Å²) in [6.07, 6.45) is 0. The zero-order valence-electron chi connectivity index (χ0n) is 34.3. The molecule has 0 unspecified atom stereocenters.